The number of carbonyl (C=O) groups is 2. The molecule has 0 aromatic heterocycles. The Balaban J connectivity index is 2.39. The Labute approximate surface area is 129 Å². The number of amides is 1. The maximum Gasteiger partial charge on any atom is 0.335 e. The van der Waals surface area contributed by atoms with Crippen LogP contribution in [0.25, 0.3) is 0 Å². The molecule has 1 unspecified atom stereocenters. The maximum absolute atomic E-state index is 12.8. The molecular formula is C16H20FNO4. The van der Waals surface area contributed by atoms with Gasteiger partial charge in [0, 0.05) is 13.6 Å². The van der Waals surface area contributed by atoms with E-state index < -0.39 is 12.1 Å². The Hall–Kier alpha value is -2.21. The van der Waals surface area contributed by atoms with Crippen LogP contribution in [0.2, 0.25) is 0 Å². The van der Waals surface area contributed by atoms with Crippen molar-refractivity contribution in [1.29, 1.82) is 0 Å². The number of hydrogen-bond acceptors (Lipinski definition) is 4. The van der Waals surface area contributed by atoms with Gasteiger partial charge in [-0.3, -0.25) is 4.79 Å². The zero-order valence-corrected chi connectivity index (χ0v) is 12.8. The summed E-state index contributed by atoms with van der Waals surface area (Å²) in [7, 11) is 1.58. The van der Waals surface area contributed by atoms with Crippen LogP contribution in [0.1, 0.15) is 12.5 Å². The third-order valence-electron chi connectivity index (χ3n) is 2.89. The van der Waals surface area contributed by atoms with E-state index in [2.05, 4.69) is 6.58 Å². The largest absolute Gasteiger partial charge is 0.454 e. The molecule has 0 fully saturated rings. The lowest BCUT2D eigenvalue weighted by Crippen LogP contribution is -2.33. The molecule has 1 atom stereocenters. The third kappa shape index (κ3) is 6.05. The Morgan fingerprint density at radius 3 is 2.59 bits per heavy atom. The van der Waals surface area contributed by atoms with E-state index in [-0.39, 0.29) is 24.9 Å². The molecule has 1 aromatic carbocycles. The lowest BCUT2D eigenvalue weighted by molar-refractivity contribution is -0.160. The molecule has 0 aliphatic carbocycles. The van der Waals surface area contributed by atoms with E-state index in [0.29, 0.717) is 6.54 Å². The summed E-state index contributed by atoms with van der Waals surface area (Å²) >= 11 is 0. The van der Waals surface area contributed by atoms with Crippen molar-refractivity contribution in [3.63, 3.8) is 0 Å². The van der Waals surface area contributed by atoms with E-state index >= 15 is 0 Å². The number of halogens is 1. The predicted molar refractivity (Wildman–Crippen MR) is 79.4 cm³/mol. The third-order valence-corrected chi connectivity index (χ3v) is 2.89. The van der Waals surface area contributed by atoms with E-state index in [9.17, 15) is 14.0 Å². The maximum atomic E-state index is 12.8. The molecule has 0 aliphatic rings. The number of ether oxygens (including phenoxy) is 2. The average molecular weight is 309 g/mol. The summed E-state index contributed by atoms with van der Waals surface area (Å²) in [6.07, 6.45) is 0.763. The van der Waals surface area contributed by atoms with Gasteiger partial charge in [0.1, 0.15) is 5.82 Å². The summed E-state index contributed by atoms with van der Waals surface area (Å²) in [6.45, 7) is 5.19. The quantitative estimate of drug-likeness (QED) is 0.544. The molecule has 0 aliphatic heterocycles. The van der Waals surface area contributed by atoms with Crippen LogP contribution < -0.4 is 0 Å². The first-order valence-electron chi connectivity index (χ1n) is 6.81. The molecule has 0 N–H and O–H groups in total. The van der Waals surface area contributed by atoms with Crippen LogP contribution in [-0.4, -0.2) is 43.1 Å². The molecule has 1 aromatic rings. The van der Waals surface area contributed by atoms with E-state index in [4.69, 9.17) is 9.47 Å². The van der Waals surface area contributed by atoms with Gasteiger partial charge in [-0.2, -0.15) is 0 Å². The Morgan fingerprint density at radius 2 is 2.00 bits per heavy atom. The molecule has 0 bridgehead atoms. The van der Waals surface area contributed by atoms with Gasteiger partial charge in [-0.1, -0.05) is 18.2 Å². The zero-order valence-electron chi connectivity index (χ0n) is 12.8. The van der Waals surface area contributed by atoms with E-state index in [1.165, 1.54) is 23.1 Å². The fraction of sp³-hybridized carbons (Fsp3) is 0.375. The minimum atomic E-state index is -0.756. The molecule has 0 spiro atoms. The summed E-state index contributed by atoms with van der Waals surface area (Å²) < 4.78 is 22.8. The van der Waals surface area contributed by atoms with Crippen LogP contribution in [0.5, 0.6) is 0 Å². The highest BCUT2D eigenvalue weighted by molar-refractivity contribution is 5.81. The van der Waals surface area contributed by atoms with Crippen molar-refractivity contribution in [3.8, 4) is 0 Å². The molecule has 6 heteroatoms. The Morgan fingerprint density at radius 1 is 1.36 bits per heavy atom. The van der Waals surface area contributed by atoms with Gasteiger partial charge >= 0.3 is 5.97 Å². The summed E-state index contributed by atoms with van der Waals surface area (Å²) in [5.41, 5.74) is 0.784. The zero-order chi connectivity index (χ0) is 16.5. The van der Waals surface area contributed by atoms with Gasteiger partial charge in [0.25, 0.3) is 5.91 Å². The van der Waals surface area contributed by atoms with Crippen molar-refractivity contribution in [2.24, 2.45) is 0 Å². The summed E-state index contributed by atoms with van der Waals surface area (Å²) in [5, 5.41) is 0. The fourth-order valence-electron chi connectivity index (χ4n) is 1.59. The molecule has 0 heterocycles. The van der Waals surface area contributed by atoms with Gasteiger partial charge in [-0.25, -0.2) is 9.18 Å². The van der Waals surface area contributed by atoms with Crippen molar-refractivity contribution in [2.45, 2.75) is 19.6 Å². The fourth-order valence-corrected chi connectivity index (χ4v) is 1.59. The van der Waals surface area contributed by atoms with Crippen LogP contribution in [0.4, 0.5) is 4.39 Å². The van der Waals surface area contributed by atoms with Gasteiger partial charge in [-0.05, 0) is 24.6 Å². The van der Waals surface area contributed by atoms with Crippen LogP contribution in [0.3, 0.4) is 0 Å². The average Bonchev–Trinajstić information content (AvgIpc) is 2.51. The number of likely N-dealkylation sites (N-methyl/N-ethyl adjacent to an activating group) is 1. The number of nitrogens with zero attached hydrogens (tertiary/aromatic N) is 1. The van der Waals surface area contributed by atoms with Crippen LogP contribution in [0.15, 0.2) is 36.9 Å². The van der Waals surface area contributed by atoms with Crippen LogP contribution in [-0.2, 0) is 25.6 Å². The lowest BCUT2D eigenvalue weighted by atomic mass is 10.2. The highest BCUT2D eigenvalue weighted by Gasteiger charge is 2.17. The van der Waals surface area contributed by atoms with Gasteiger partial charge in [-0.15, -0.1) is 6.58 Å². The van der Waals surface area contributed by atoms with Crippen LogP contribution >= 0.6 is 0 Å². The smallest absolute Gasteiger partial charge is 0.335 e. The van der Waals surface area contributed by atoms with E-state index in [1.807, 2.05) is 0 Å². The van der Waals surface area contributed by atoms with Crippen molar-refractivity contribution >= 4 is 11.9 Å². The second-order valence-electron chi connectivity index (χ2n) is 4.75. The Bertz CT molecular complexity index is 515. The number of benzene rings is 1. The number of hydrogen-bond donors (Lipinski definition) is 0. The highest BCUT2D eigenvalue weighted by atomic mass is 19.1. The summed E-state index contributed by atoms with van der Waals surface area (Å²) in [6, 6.07) is 5.84. The second kappa shape index (κ2) is 8.94. The predicted octanol–water partition coefficient (Wildman–Crippen LogP) is 1.92. The minimum Gasteiger partial charge on any atom is -0.454 e. The molecule has 0 saturated carbocycles. The van der Waals surface area contributed by atoms with Crippen molar-refractivity contribution in [3.05, 3.63) is 48.3 Å². The molecular weight excluding hydrogens is 289 g/mol. The molecule has 1 amide bonds. The first-order valence-corrected chi connectivity index (χ1v) is 6.81. The summed E-state index contributed by atoms with van der Waals surface area (Å²) in [5.74, 6) is -1.29. The minimum absolute atomic E-state index is 0.231. The lowest BCUT2D eigenvalue weighted by Gasteiger charge is -2.18. The first kappa shape index (κ1) is 17.8. The van der Waals surface area contributed by atoms with Gasteiger partial charge in [0.2, 0.25) is 0 Å². The van der Waals surface area contributed by atoms with E-state index in [0.717, 1.165) is 5.56 Å². The molecule has 1 rings (SSSR count). The molecule has 0 saturated heterocycles. The molecule has 0 radical (unpaired) electrons. The first-order chi connectivity index (χ1) is 10.4. The van der Waals surface area contributed by atoms with Crippen molar-refractivity contribution in [1.82, 2.24) is 4.90 Å². The molecule has 5 nitrogen and oxygen atoms in total. The number of carbonyl (C=O) groups excluding carboxylic acids is 2. The highest BCUT2D eigenvalue weighted by Crippen LogP contribution is 2.06. The molecule has 22 heavy (non-hydrogen) atoms. The monoisotopic (exact) mass is 309 g/mol. The number of esters is 1. The van der Waals surface area contributed by atoms with Crippen LogP contribution in [0, 0.1) is 5.82 Å². The van der Waals surface area contributed by atoms with Crippen molar-refractivity contribution < 1.29 is 23.5 Å². The standard InChI is InChI=1S/C16H20FNO4/c1-4-9-21-12(2)16(20)22-11-15(19)18(3)10-13-5-7-14(17)8-6-13/h4-8,12H,1,9-11H2,2-3H3. The van der Waals surface area contributed by atoms with Gasteiger partial charge < -0.3 is 14.4 Å². The molecule has 120 valence electrons. The topological polar surface area (TPSA) is 55.8 Å². The Kier molecular flexibility index (Phi) is 7.25. The van der Waals surface area contributed by atoms with Gasteiger partial charge in [0.15, 0.2) is 12.7 Å². The SMILES string of the molecule is C=CCOC(C)C(=O)OCC(=O)N(C)Cc1ccc(F)cc1. The van der Waals surface area contributed by atoms with Crippen molar-refractivity contribution in [2.75, 3.05) is 20.3 Å². The second-order valence-corrected chi connectivity index (χ2v) is 4.75. The summed E-state index contributed by atoms with van der Waals surface area (Å²) in [4.78, 5) is 24.8. The van der Waals surface area contributed by atoms with E-state index in [1.54, 1.807) is 26.1 Å². The normalized spacial score (nSPS) is 11.6. The van der Waals surface area contributed by atoms with Gasteiger partial charge in [0.05, 0.1) is 6.61 Å². The number of rotatable bonds is 8.